The number of carbonyl (C=O) groups is 1. The largest absolute Gasteiger partial charge is 0.351 e. The van der Waals surface area contributed by atoms with Crippen molar-refractivity contribution in [1.82, 2.24) is 15.1 Å². The lowest BCUT2D eigenvalue weighted by molar-refractivity contribution is -0.122. The Kier molecular flexibility index (Phi) is 6.96. The standard InChI is InChI=1S/C22H28FN3O/c1-18-14-20(8-9-21(18)23)15-24-22(27)17-26-11-5-10-25(12-13-26)16-19-6-3-2-4-7-19/h2-4,6-9,14H,5,10-13,15-17H2,1H3,(H,24,27). The number of rotatable bonds is 6. The second-order valence-electron chi connectivity index (χ2n) is 7.25. The van der Waals surface area contributed by atoms with E-state index in [-0.39, 0.29) is 11.7 Å². The Morgan fingerprint density at radius 1 is 1.00 bits per heavy atom. The van der Waals surface area contributed by atoms with E-state index in [0.717, 1.165) is 44.7 Å². The summed E-state index contributed by atoms with van der Waals surface area (Å²) in [5, 5.41) is 2.95. The zero-order chi connectivity index (χ0) is 19.1. The van der Waals surface area contributed by atoms with Crippen LogP contribution in [0.2, 0.25) is 0 Å². The van der Waals surface area contributed by atoms with Gasteiger partial charge in [0.25, 0.3) is 0 Å². The van der Waals surface area contributed by atoms with E-state index in [2.05, 4.69) is 39.4 Å². The average molecular weight is 369 g/mol. The van der Waals surface area contributed by atoms with E-state index in [1.807, 2.05) is 6.07 Å². The lowest BCUT2D eigenvalue weighted by Crippen LogP contribution is -2.39. The highest BCUT2D eigenvalue weighted by atomic mass is 19.1. The van der Waals surface area contributed by atoms with E-state index in [1.165, 1.54) is 11.6 Å². The normalized spacial score (nSPS) is 16.1. The van der Waals surface area contributed by atoms with Gasteiger partial charge in [0, 0.05) is 26.2 Å². The smallest absolute Gasteiger partial charge is 0.234 e. The SMILES string of the molecule is Cc1cc(CNC(=O)CN2CCCN(Cc3ccccc3)CC2)ccc1F. The number of amides is 1. The molecule has 1 N–H and O–H groups in total. The Morgan fingerprint density at radius 2 is 1.74 bits per heavy atom. The first kappa shape index (κ1) is 19.5. The molecule has 0 radical (unpaired) electrons. The van der Waals surface area contributed by atoms with Crippen LogP contribution in [-0.4, -0.2) is 48.4 Å². The third kappa shape index (κ3) is 6.15. The van der Waals surface area contributed by atoms with Gasteiger partial charge in [-0.25, -0.2) is 4.39 Å². The summed E-state index contributed by atoms with van der Waals surface area (Å²) in [4.78, 5) is 17.0. The summed E-state index contributed by atoms with van der Waals surface area (Å²) in [6.45, 7) is 7.42. The summed E-state index contributed by atoms with van der Waals surface area (Å²) in [5.41, 5.74) is 2.86. The predicted octanol–water partition coefficient (Wildman–Crippen LogP) is 2.96. The minimum Gasteiger partial charge on any atom is -0.351 e. The molecule has 1 heterocycles. The third-order valence-corrected chi connectivity index (χ3v) is 5.01. The maximum absolute atomic E-state index is 13.3. The van der Waals surface area contributed by atoms with Gasteiger partial charge in [0.15, 0.2) is 0 Å². The summed E-state index contributed by atoms with van der Waals surface area (Å²) >= 11 is 0. The molecule has 0 saturated carbocycles. The summed E-state index contributed by atoms with van der Waals surface area (Å²) < 4.78 is 13.3. The van der Waals surface area contributed by atoms with Crippen LogP contribution in [0.15, 0.2) is 48.5 Å². The predicted molar refractivity (Wildman–Crippen MR) is 106 cm³/mol. The maximum atomic E-state index is 13.3. The van der Waals surface area contributed by atoms with Crippen LogP contribution < -0.4 is 5.32 Å². The fraction of sp³-hybridized carbons (Fsp3) is 0.409. The van der Waals surface area contributed by atoms with E-state index in [9.17, 15) is 9.18 Å². The number of carbonyl (C=O) groups excluding carboxylic acids is 1. The second-order valence-corrected chi connectivity index (χ2v) is 7.25. The van der Waals surface area contributed by atoms with Crippen LogP contribution in [0.5, 0.6) is 0 Å². The van der Waals surface area contributed by atoms with Crippen LogP contribution in [0.4, 0.5) is 4.39 Å². The average Bonchev–Trinajstić information content (AvgIpc) is 2.89. The molecule has 0 spiro atoms. The van der Waals surface area contributed by atoms with Gasteiger partial charge in [-0.3, -0.25) is 14.6 Å². The van der Waals surface area contributed by atoms with Crippen LogP contribution in [0, 0.1) is 12.7 Å². The molecule has 1 amide bonds. The topological polar surface area (TPSA) is 35.6 Å². The Balaban J connectivity index is 1.42. The van der Waals surface area contributed by atoms with Crippen LogP contribution in [-0.2, 0) is 17.9 Å². The van der Waals surface area contributed by atoms with E-state index in [4.69, 9.17) is 0 Å². The molecule has 0 unspecified atom stereocenters. The molecule has 4 nitrogen and oxygen atoms in total. The van der Waals surface area contributed by atoms with Gasteiger partial charge in [-0.2, -0.15) is 0 Å². The van der Waals surface area contributed by atoms with E-state index in [0.29, 0.717) is 18.7 Å². The summed E-state index contributed by atoms with van der Waals surface area (Å²) in [6.07, 6.45) is 1.07. The molecule has 3 rings (SSSR count). The summed E-state index contributed by atoms with van der Waals surface area (Å²) in [7, 11) is 0. The Bertz CT molecular complexity index is 750. The number of aryl methyl sites for hydroxylation is 1. The molecule has 1 fully saturated rings. The first-order valence-corrected chi connectivity index (χ1v) is 9.60. The van der Waals surface area contributed by atoms with Crippen molar-refractivity contribution in [2.45, 2.75) is 26.4 Å². The molecule has 1 aliphatic rings. The molecule has 0 bridgehead atoms. The Morgan fingerprint density at radius 3 is 2.52 bits per heavy atom. The minimum atomic E-state index is -0.213. The molecule has 1 aliphatic heterocycles. The zero-order valence-corrected chi connectivity index (χ0v) is 16.0. The van der Waals surface area contributed by atoms with Crippen molar-refractivity contribution in [2.24, 2.45) is 0 Å². The van der Waals surface area contributed by atoms with Crippen molar-refractivity contribution in [3.63, 3.8) is 0 Å². The fourth-order valence-corrected chi connectivity index (χ4v) is 3.46. The first-order chi connectivity index (χ1) is 13.1. The van der Waals surface area contributed by atoms with Gasteiger partial charge in [0.1, 0.15) is 5.82 Å². The van der Waals surface area contributed by atoms with Crippen molar-refractivity contribution in [3.8, 4) is 0 Å². The number of nitrogens with zero attached hydrogens (tertiary/aromatic N) is 2. The number of hydrogen-bond donors (Lipinski definition) is 1. The lowest BCUT2D eigenvalue weighted by atomic mass is 10.1. The molecular formula is C22H28FN3O. The van der Waals surface area contributed by atoms with Gasteiger partial charge in [-0.1, -0.05) is 42.5 Å². The van der Waals surface area contributed by atoms with E-state index >= 15 is 0 Å². The van der Waals surface area contributed by atoms with Gasteiger partial charge in [-0.05, 0) is 49.2 Å². The highest BCUT2D eigenvalue weighted by Crippen LogP contribution is 2.10. The minimum absolute atomic E-state index is 0.0217. The van der Waals surface area contributed by atoms with Gasteiger partial charge < -0.3 is 5.32 Å². The van der Waals surface area contributed by atoms with Crippen LogP contribution in [0.1, 0.15) is 23.1 Å². The molecule has 0 atom stereocenters. The Hall–Kier alpha value is -2.24. The van der Waals surface area contributed by atoms with Gasteiger partial charge in [0.2, 0.25) is 5.91 Å². The molecule has 0 aromatic heterocycles. The van der Waals surface area contributed by atoms with Gasteiger partial charge in [-0.15, -0.1) is 0 Å². The molecule has 1 saturated heterocycles. The lowest BCUT2D eigenvalue weighted by Gasteiger charge is -2.21. The van der Waals surface area contributed by atoms with E-state index in [1.54, 1.807) is 19.1 Å². The molecule has 0 aliphatic carbocycles. The van der Waals surface area contributed by atoms with Crippen LogP contribution >= 0.6 is 0 Å². The Labute approximate surface area is 161 Å². The van der Waals surface area contributed by atoms with Gasteiger partial charge >= 0.3 is 0 Å². The first-order valence-electron chi connectivity index (χ1n) is 9.60. The molecule has 144 valence electrons. The van der Waals surface area contributed by atoms with E-state index < -0.39 is 0 Å². The van der Waals surface area contributed by atoms with Crippen LogP contribution in [0.25, 0.3) is 0 Å². The summed E-state index contributed by atoms with van der Waals surface area (Å²) in [6, 6.07) is 15.5. The monoisotopic (exact) mass is 369 g/mol. The number of halogens is 1. The number of benzene rings is 2. The second kappa shape index (κ2) is 9.62. The molecular weight excluding hydrogens is 341 g/mol. The van der Waals surface area contributed by atoms with Crippen molar-refractivity contribution >= 4 is 5.91 Å². The van der Waals surface area contributed by atoms with Crippen molar-refractivity contribution in [3.05, 3.63) is 71.0 Å². The highest BCUT2D eigenvalue weighted by Gasteiger charge is 2.17. The zero-order valence-electron chi connectivity index (χ0n) is 16.0. The molecule has 27 heavy (non-hydrogen) atoms. The quantitative estimate of drug-likeness (QED) is 0.850. The maximum Gasteiger partial charge on any atom is 0.234 e. The van der Waals surface area contributed by atoms with Crippen LogP contribution in [0.3, 0.4) is 0 Å². The third-order valence-electron chi connectivity index (χ3n) is 5.01. The summed E-state index contributed by atoms with van der Waals surface area (Å²) in [5.74, 6) is -0.191. The molecule has 2 aromatic carbocycles. The molecule has 5 heteroatoms. The fourth-order valence-electron chi connectivity index (χ4n) is 3.46. The number of nitrogens with one attached hydrogen (secondary N) is 1. The van der Waals surface area contributed by atoms with Crippen molar-refractivity contribution in [1.29, 1.82) is 0 Å². The number of hydrogen-bond acceptors (Lipinski definition) is 3. The van der Waals surface area contributed by atoms with Gasteiger partial charge in [0.05, 0.1) is 6.54 Å². The highest BCUT2D eigenvalue weighted by molar-refractivity contribution is 5.78. The van der Waals surface area contributed by atoms with Crippen molar-refractivity contribution < 1.29 is 9.18 Å². The molecule has 2 aromatic rings. The van der Waals surface area contributed by atoms with Crippen molar-refractivity contribution in [2.75, 3.05) is 32.7 Å².